The Hall–Kier alpha value is -2.33. The van der Waals surface area contributed by atoms with Crippen molar-refractivity contribution in [3.05, 3.63) is 64.7 Å². The third-order valence-corrected chi connectivity index (χ3v) is 3.51. The van der Waals surface area contributed by atoms with Crippen molar-refractivity contribution in [2.45, 2.75) is 6.61 Å². The van der Waals surface area contributed by atoms with Crippen LogP contribution in [0.5, 0.6) is 0 Å². The highest BCUT2D eigenvalue weighted by Gasteiger charge is 2.32. The van der Waals surface area contributed by atoms with Crippen molar-refractivity contribution in [1.29, 1.82) is 0 Å². The van der Waals surface area contributed by atoms with Gasteiger partial charge in [0, 0.05) is 10.6 Å². The number of carbonyl (C=O) groups excluding carboxylic acids is 2. The van der Waals surface area contributed by atoms with Gasteiger partial charge in [0.1, 0.15) is 6.61 Å². The van der Waals surface area contributed by atoms with Gasteiger partial charge in [-0.05, 0) is 23.8 Å². The Balaban J connectivity index is 1.74. The Morgan fingerprint density at radius 1 is 1.19 bits per heavy atom. The number of halogens is 1. The van der Waals surface area contributed by atoms with Crippen LogP contribution in [0.4, 0.5) is 10.5 Å². The molecule has 0 bridgehead atoms. The highest BCUT2D eigenvalue weighted by Crippen LogP contribution is 2.30. The molecule has 0 fully saturated rings. The summed E-state index contributed by atoms with van der Waals surface area (Å²) >= 11 is 5.87. The quantitative estimate of drug-likeness (QED) is 0.850. The molecular weight excluding hydrogens is 290 g/mol. The highest BCUT2D eigenvalue weighted by atomic mass is 35.5. The number of ether oxygens (including phenoxy) is 1. The first kappa shape index (κ1) is 13.6. The number of anilines is 1. The SMILES string of the molecule is O=C1CN(C(=O)OCc2ccccc2)c2ccc(Cl)cc21. The van der Waals surface area contributed by atoms with E-state index in [1.807, 2.05) is 30.3 Å². The third kappa shape index (κ3) is 2.76. The van der Waals surface area contributed by atoms with Gasteiger partial charge in [-0.3, -0.25) is 9.69 Å². The van der Waals surface area contributed by atoms with E-state index in [2.05, 4.69) is 0 Å². The van der Waals surface area contributed by atoms with Crippen LogP contribution in [-0.2, 0) is 11.3 Å². The lowest BCUT2D eigenvalue weighted by Crippen LogP contribution is -2.30. The molecule has 3 rings (SSSR count). The summed E-state index contributed by atoms with van der Waals surface area (Å²) in [5.74, 6) is -0.135. The number of hydrogen-bond acceptors (Lipinski definition) is 3. The zero-order chi connectivity index (χ0) is 14.8. The second-order valence-electron chi connectivity index (χ2n) is 4.71. The number of rotatable bonds is 2. The fourth-order valence-electron chi connectivity index (χ4n) is 2.24. The summed E-state index contributed by atoms with van der Waals surface area (Å²) in [5, 5.41) is 0.474. The smallest absolute Gasteiger partial charge is 0.415 e. The molecule has 0 atom stereocenters. The Bertz CT molecular complexity index is 700. The Morgan fingerprint density at radius 2 is 1.95 bits per heavy atom. The van der Waals surface area contributed by atoms with Crippen LogP contribution >= 0.6 is 11.6 Å². The number of carbonyl (C=O) groups is 2. The second kappa shape index (κ2) is 5.58. The van der Waals surface area contributed by atoms with Gasteiger partial charge in [-0.1, -0.05) is 41.9 Å². The molecule has 0 N–H and O–H groups in total. The number of nitrogens with zero attached hydrogens (tertiary/aromatic N) is 1. The number of hydrogen-bond donors (Lipinski definition) is 0. The van der Waals surface area contributed by atoms with Crippen LogP contribution < -0.4 is 4.90 Å². The lowest BCUT2D eigenvalue weighted by Gasteiger charge is -2.16. The van der Waals surface area contributed by atoms with Crippen molar-refractivity contribution in [1.82, 2.24) is 0 Å². The minimum absolute atomic E-state index is 0.0106. The number of benzene rings is 2. The Morgan fingerprint density at radius 3 is 2.71 bits per heavy atom. The lowest BCUT2D eigenvalue weighted by atomic mass is 10.1. The van der Waals surface area contributed by atoms with Crippen LogP contribution in [0, 0.1) is 0 Å². The number of ketones is 1. The van der Waals surface area contributed by atoms with Crippen LogP contribution in [0.2, 0.25) is 5.02 Å². The van der Waals surface area contributed by atoms with Gasteiger partial charge in [-0.25, -0.2) is 4.79 Å². The minimum Gasteiger partial charge on any atom is -0.444 e. The largest absolute Gasteiger partial charge is 0.444 e. The Kier molecular flexibility index (Phi) is 3.62. The van der Waals surface area contributed by atoms with Crippen LogP contribution in [0.1, 0.15) is 15.9 Å². The van der Waals surface area contributed by atoms with Crippen LogP contribution in [-0.4, -0.2) is 18.4 Å². The van der Waals surface area contributed by atoms with E-state index in [0.717, 1.165) is 5.56 Å². The molecule has 1 aliphatic heterocycles. The van der Waals surface area contributed by atoms with Crippen LogP contribution in [0.25, 0.3) is 0 Å². The van der Waals surface area contributed by atoms with Gasteiger partial charge >= 0.3 is 6.09 Å². The monoisotopic (exact) mass is 301 g/mol. The summed E-state index contributed by atoms with van der Waals surface area (Å²) in [4.78, 5) is 25.4. The molecule has 106 valence electrons. The molecule has 4 nitrogen and oxygen atoms in total. The van der Waals surface area contributed by atoms with Crippen molar-refractivity contribution in [2.24, 2.45) is 0 Å². The normalized spacial score (nSPS) is 13.2. The molecule has 0 saturated heterocycles. The maximum atomic E-state index is 12.1. The lowest BCUT2D eigenvalue weighted by molar-refractivity contribution is 0.100. The van der Waals surface area contributed by atoms with Gasteiger partial charge in [0.05, 0.1) is 12.2 Å². The van der Waals surface area contributed by atoms with E-state index in [9.17, 15) is 9.59 Å². The fourth-order valence-corrected chi connectivity index (χ4v) is 2.41. The topological polar surface area (TPSA) is 46.6 Å². The molecule has 0 aromatic heterocycles. The molecule has 5 heteroatoms. The summed E-state index contributed by atoms with van der Waals surface area (Å²) in [6.45, 7) is 0.163. The molecule has 1 aliphatic rings. The molecular formula is C16H12ClNO3. The van der Waals surface area contributed by atoms with Gasteiger partial charge in [0.2, 0.25) is 0 Å². The molecule has 0 radical (unpaired) electrons. The summed E-state index contributed by atoms with van der Waals surface area (Å²) in [6, 6.07) is 14.3. The van der Waals surface area contributed by atoms with Crippen LogP contribution in [0.15, 0.2) is 48.5 Å². The van der Waals surface area contributed by atoms with Crippen LogP contribution in [0.3, 0.4) is 0 Å². The average Bonchev–Trinajstić information content (AvgIpc) is 2.83. The molecule has 2 aromatic rings. The van der Waals surface area contributed by atoms with E-state index in [1.54, 1.807) is 18.2 Å². The molecule has 0 saturated carbocycles. The average molecular weight is 302 g/mol. The van der Waals surface area contributed by atoms with Gasteiger partial charge in [-0.2, -0.15) is 0 Å². The summed E-state index contributed by atoms with van der Waals surface area (Å²) in [7, 11) is 0. The maximum absolute atomic E-state index is 12.1. The number of Topliss-reactive ketones (excluding diaryl/α,β-unsaturated/α-hetero) is 1. The van der Waals surface area contributed by atoms with E-state index < -0.39 is 6.09 Å². The van der Waals surface area contributed by atoms with Crippen molar-refractivity contribution < 1.29 is 14.3 Å². The van der Waals surface area contributed by atoms with Crippen molar-refractivity contribution in [2.75, 3.05) is 11.4 Å². The predicted molar refractivity (Wildman–Crippen MR) is 79.8 cm³/mol. The van der Waals surface area contributed by atoms with E-state index in [4.69, 9.17) is 16.3 Å². The third-order valence-electron chi connectivity index (χ3n) is 3.28. The molecule has 0 unspecified atom stereocenters. The van der Waals surface area contributed by atoms with Gasteiger partial charge in [0.25, 0.3) is 0 Å². The minimum atomic E-state index is -0.534. The van der Waals surface area contributed by atoms with Crippen molar-refractivity contribution in [3.63, 3.8) is 0 Å². The first-order chi connectivity index (χ1) is 10.1. The number of amides is 1. The van der Waals surface area contributed by atoms with E-state index in [-0.39, 0.29) is 18.9 Å². The van der Waals surface area contributed by atoms with Gasteiger partial charge in [0.15, 0.2) is 5.78 Å². The molecule has 21 heavy (non-hydrogen) atoms. The standard InChI is InChI=1S/C16H12ClNO3/c17-12-6-7-14-13(8-12)15(19)9-18(14)16(20)21-10-11-4-2-1-3-5-11/h1-8H,9-10H2. The first-order valence-corrected chi connectivity index (χ1v) is 6.84. The highest BCUT2D eigenvalue weighted by molar-refractivity contribution is 6.31. The van der Waals surface area contributed by atoms with Gasteiger partial charge in [-0.15, -0.1) is 0 Å². The maximum Gasteiger partial charge on any atom is 0.415 e. The summed E-state index contributed by atoms with van der Waals surface area (Å²) in [5.41, 5.74) is 1.90. The second-order valence-corrected chi connectivity index (χ2v) is 5.15. The van der Waals surface area contributed by atoms with E-state index >= 15 is 0 Å². The number of fused-ring (bicyclic) bond motifs is 1. The zero-order valence-electron chi connectivity index (χ0n) is 11.1. The molecule has 0 spiro atoms. The summed E-state index contributed by atoms with van der Waals surface area (Å²) in [6.07, 6.45) is -0.534. The first-order valence-electron chi connectivity index (χ1n) is 6.46. The molecule has 2 aromatic carbocycles. The predicted octanol–water partition coefficient (Wildman–Crippen LogP) is 3.68. The molecule has 1 heterocycles. The van der Waals surface area contributed by atoms with Gasteiger partial charge < -0.3 is 4.74 Å². The zero-order valence-corrected chi connectivity index (χ0v) is 11.8. The van der Waals surface area contributed by atoms with Crippen molar-refractivity contribution >= 4 is 29.2 Å². The fraction of sp³-hybridized carbons (Fsp3) is 0.125. The molecule has 0 aliphatic carbocycles. The van der Waals surface area contributed by atoms with Crippen molar-refractivity contribution in [3.8, 4) is 0 Å². The van der Waals surface area contributed by atoms with E-state index in [0.29, 0.717) is 16.3 Å². The Labute approximate surface area is 126 Å². The van der Waals surface area contributed by atoms with E-state index in [1.165, 1.54) is 4.90 Å². The molecule has 1 amide bonds. The summed E-state index contributed by atoms with van der Waals surface area (Å²) < 4.78 is 5.25.